The Morgan fingerprint density at radius 3 is 2.74 bits per heavy atom. The third-order valence-electron chi connectivity index (χ3n) is 4.75. The monoisotopic (exact) mass is 317 g/mol. The van der Waals surface area contributed by atoms with Gasteiger partial charge in [0.25, 0.3) is 0 Å². The molecule has 1 heterocycles. The van der Waals surface area contributed by atoms with Crippen LogP contribution in [0.3, 0.4) is 0 Å². The highest BCUT2D eigenvalue weighted by Gasteiger charge is 2.30. The summed E-state index contributed by atoms with van der Waals surface area (Å²) in [5.41, 5.74) is 2.06. The van der Waals surface area contributed by atoms with Crippen LogP contribution in [-0.2, 0) is 16.0 Å². The number of piperidine rings is 1. The van der Waals surface area contributed by atoms with Crippen molar-refractivity contribution in [2.45, 2.75) is 31.7 Å². The number of likely N-dealkylation sites (tertiary alicyclic amines) is 1. The Labute approximate surface area is 138 Å². The van der Waals surface area contributed by atoms with Crippen molar-refractivity contribution in [3.8, 4) is 0 Å². The van der Waals surface area contributed by atoms with Crippen LogP contribution in [0.15, 0.2) is 24.3 Å². The molecule has 0 aromatic heterocycles. The van der Waals surface area contributed by atoms with Gasteiger partial charge >= 0.3 is 0 Å². The van der Waals surface area contributed by atoms with Crippen molar-refractivity contribution in [1.82, 2.24) is 9.80 Å². The Bertz CT molecular complexity index is 545. The molecule has 2 unspecified atom stereocenters. The maximum absolute atomic E-state index is 12.1. The van der Waals surface area contributed by atoms with Crippen LogP contribution in [0, 0.1) is 5.92 Å². The maximum Gasteiger partial charge on any atom is 0.226 e. The van der Waals surface area contributed by atoms with E-state index in [0.717, 1.165) is 44.3 Å². The smallest absolute Gasteiger partial charge is 0.226 e. The van der Waals surface area contributed by atoms with E-state index in [2.05, 4.69) is 23.3 Å². The number of aryl methyl sites for hydroxylation is 1. The molecule has 1 saturated heterocycles. The van der Waals surface area contributed by atoms with Gasteiger partial charge < -0.3 is 15.1 Å². The summed E-state index contributed by atoms with van der Waals surface area (Å²) in [7, 11) is 5.76. The quantitative estimate of drug-likeness (QED) is 0.816. The first-order valence-electron chi connectivity index (χ1n) is 8.22. The summed E-state index contributed by atoms with van der Waals surface area (Å²) in [6.45, 7) is 0.829. The van der Waals surface area contributed by atoms with Crippen molar-refractivity contribution in [3.05, 3.63) is 29.8 Å². The third-order valence-corrected chi connectivity index (χ3v) is 4.75. The summed E-state index contributed by atoms with van der Waals surface area (Å²) in [4.78, 5) is 26.8. The Balaban J connectivity index is 1.90. The Morgan fingerprint density at radius 2 is 2.09 bits per heavy atom. The maximum atomic E-state index is 12.1. The molecule has 1 aliphatic rings. The number of nitrogens with zero attached hydrogens (tertiary/aromatic N) is 2. The van der Waals surface area contributed by atoms with Crippen molar-refractivity contribution >= 4 is 18.0 Å². The number of para-hydroxylation sites is 1. The largest absolute Gasteiger partial charge is 0.349 e. The van der Waals surface area contributed by atoms with E-state index in [1.54, 1.807) is 4.90 Å². The number of rotatable bonds is 6. The van der Waals surface area contributed by atoms with Crippen molar-refractivity contribution in [3.63, 3.8) is 0 Å². The van der Waals surface area contributed by atoms with Gasteiger partial charge in [-0.3, -0.25) is 9.59 Å². The molecule has 0 bridgehead atoms. The lowest BCUT2D eigenvalue weighted by atomic mass is 9.89. The lowest BCUT2D eigenvalue weighted by Crippen LogP contribution is -2.45. The van der Waals surface area contributed by atoms with Crippen LogP contribution < -0.4 is 5.32 Å². The zero-order chi connectivity index (χ0) is 16.8. The van der Waals surface area contributed by atoms with Gasteiger partial charge in [-0.05, 0) is 44.4 Å². The molecule has 2 rings (SSSR count). The number of hydrogen-bond donors (Lipinski definition) is 1. The molecule has 126 valence electrons. The Morgan fingerprint density at radius 1 is 1.35 bits per heavy atom. The van der Waals surface area contributed by atoms with Gasteiger partial charge in [-0.1, -0.05) is 18.2 Å². The van der Waals surface area contributed by atoms with Crippen LogP contribution in [0.4, 0.5) is 5.69 Å². The number of carbonyl (C=O) groups excluding carboxylic acids is 2. The van der Waals surface area contributed by atoms with E-state index in [-0.39, 0.29) is 11.8 Å². The fourth-order valence-corrected chi connectivity index (χ4v) is 3.40. The molecular formula is C18H27N3O2. The zero-order valence-electron chi connectivity index (χ0n) is 14.3. The van der Waals surface area contributed by atoms with Crippen molar-refractivity contribution < 1.29 is 9.59 Å². The van der Waals surface area contributed by atoms with Gasteiger partial charge in [0.1, 0.15) is 0 Å². The molecule has 0 aliphatic carbocycles. The molecule has 1 aliphatic heterocycles. The van der Waals surface area contributed by atoms with Crippen LogP contribution in [0.2, 0.25) is 0 Å². The van der Waals surface area contributed by atoms with Crippen molar-refractivity contribution in [2.24, 2.45) is 5.92 Å². The predicted octanol–water partition coefficient (Wildman–Crippen LogP) is 1.99. The summed E-state index contributed by atoms with van der Waals surface area (Å²) >= 11 is 0. The molecule has 0 spiro atoms. The van der Waals surface area contributed by atoms with Crippen LogP contribution >= 0.6 is 0 Å². The zero-order valence-corrected chi connectivity index (χ0v) is 14.3. The molecular weight excluding hydrogens is 290 g/mol. The average molecular weight is 317 g/mol. The normalized spacial score (nSPS) is 21.7. The number of amides is 2. The number of carbonyl (C=O) groups is 2. The number of hydrogen-bond acceptors (Lipinski definition) is 3. The molecule has 0 saturated carbocycles. The first kappa shape index (κ1) is 17.5. The Hall–Kier alpha value is -1.88. The molecule has 1 aromatic rings. The topological polar surface area (TPSA) is 52.7 Å². The minimum Gasteiger partial charge on any atom is -0.349 e. The van der Waals surface area contributed by atoms with Gasteiger partial charge in [-0.15, -0.1) is 0 Å². The molecule has 1 N–H and O–H groups in total. The van der Waals surface area contributed by atoms with Gasteiger partial charge in [0.05, 0.1) is 5.92 Å². The van der Waals surface area contributed by atoms with Crippen molar-refractivity contribution in [2.75, 3.05) is 33.0 Å². The third kappa shape index (κ3) is 4.55. The molecule has 1 fully saturated rings. The van der Waals surface area contributed by atoms with Crippen LogP contribution in [0.1, 0.15) is 24.8 Å². The lowest BCUT2D eigenvalue weighted by molar-refractivity contribution is -0.135. The molecule has 2 amide bonds. The average Bonchev–Trinajstić information content (AvgIpc) is 2.54. The van der Waals surface area contributed by atoms with Gasteiger partial charge in [-0.2, -0.15) is 0 Å². The molecule has 2 atom stereocenters. The SMILES string of the molecule is CN(C)C(=O)C1CCC(CCc2ccccc2NC=O)N(C)C1. The second-order valence-corrected chi connectivity index (χ2v) is 6.56. The summed E-state index contributed by atoms with van der Waals surface area (Å²) in [6.07, 6.45) is 4.70. The van der Waals surface area contributed by atoms with Gasteiger partial charge in [0.2, 0.25) is 12.3 Å². The summed E-state index contributed by atoms with van der Waals surface area (Å²) in [5, 5.41) is 2.77. The number of benzene rings is 1. The predicted molar refractivity (Wildman–Crippen MR) is 92.3 cm³/mol. The fourth-order valence-electron chi connectivity index (χ4n) is 3.40. The van der Waals surface area contributed by atoms with E-state index >= 15 is 0 Å². The van der Waals surface area contributed by atoms with Gasteiger partial charge in [0.15, 0.2) is 0 Å². The molecule has 5 heteroatoms. The van der Waals surface area contributed by atoms with E-state index < -0.39 is 0 Å². The molecule has 1 aromatic carbocycles. The van der Waals surface area contributed by atoms with E-state index in [0.29, 0.717) is 6.04 Å². The first-order valence-corrected chi connectivity index (χ1v) is 8.22. The summed E-state index contributed by atoms with van der Waals surface area (Å²) in [5.74, 6) is 0.353. The Kier molecular flexibility index (Phi) is 6.16. The van der Waals surface area contributed by atoms with E-state index in [1.807, 2.05) is 32.3 Å². The highest BCUT2D eigenvalue weighted by molar-refractivity contribution is 5.78. The highest BCUT2D eigenvalue weighted by Crippen LogP contribution is 2.26. The summed E-state index contributed by atoms with van der Waals surface area (Å²) in [6, 6.07) is 8.42. The molecule has 23 heavy (non-hydrogen) atoms. The second-order valence-electron chi connectivity index (χ2n) is 6.56. The molecule has 5 nitrogen and oxygen atoms in total. The van der Waals surface area contributed by atoms with Crippen LogP contribution in [-0.4, -0.2) is 55.8 Å². The minimum atomic E-state index is 0.121. The number of nitrogens with one attached hydrogen (secondary N) is 1. The first-order chi connectivity index (χ1) is 11.0. The van der Waals surface area contributed by atoms with Gasteiger partial charge in [0, 0.05) is 32.4 Å². The highest BCUT2D eigenvalue weighted by atomic mass is 16.2. The fraction of sp³-hybridized carbons (Fsp3) is 0.556. The lowest BCUT2D eigenvalue weighted by Gasteiger charge is -2.37. The minimum absolute atomic E-state index is 0.121. The molecule has 0 radical (unpaired) electrons. The number of anilines is 1. The van der Waals surface area contributed by atoms with E-state index in [4.69, 9.17) is 0 Å². The van der Waals surface area contributed by atoms with Crippen LogP contribution in [0.25, 0.3) is 0 Å². The van der Waals surface area contributed by atoms with E-state index in [9.17, 15) is 9.59 Å². The van der Waals surface area contributed by atoms with Crippen molar-refractivity contribution in [1.29, 1.82) is 0 Å². The van der Waals surface area contributed by atoms with E-state index in [1.165, 1.54) is 5.56 Å². The second kappa shape index (κ2) is 8.11. The van der Waals surface area contributed by atoms with Gasteiger partial charge in [-0.25, -0.2) is 0 Å². The standard InChI is InChI=1S/C18H27N3O2/c1-20(2)18(23)15-9-11-16(21(3)12-15)10-8-14-6-4-5-7-17(14)19-13-22/h4-7,13,15-16H,8-12H2,1-3H3,(H,19,22). The summed E-state index contributed by atoms with van der Waals surface area (Å²) < 4.78 is 0. The van der Waals surface area contributed by atoms with Crippen LogP contribution in [0.5, 0.6) is 0 Å².